The highest BCUT2D eigenvalue weighted by Gasteiger charge is 2.33. The number of hydrogen-bond donors (Lipinski definition) is 1. The van der Waals surface area contributed by atoms with Crippen molar-refractivity contribution in [2.45, 2.75) is 31.1 Å². The van der Waals surface area contributed by atoms with E-state index in [1.807, 2.05) is 73.9 Å². The van der Waals surface area contributed by atoms with Crippen molar-refractivity contribution >= 4 is 40.6 Å². The lowest BCUT2D eigenvalue weighted by atomic mass is 10.0. The minimum absolute atomic E-state index is 0.121. The molecule has 1 aliphatic heterocycles. The fourth-order valence-corrected chi connectivity index (χ4v) is 5.79. The molecule has 0 fully saturated rings. The number of carbonyl (C=O) groups is 2. The summed E-state index contributed by atoms with van der Waals surface area (Å²) in [4.78, 5) is 27.0. The number of ether oxygens (including phenoxy) is 1. The van der Waals surface area contributed by atoms with Gasteiger partial charge in [0.1, 0.15) is 5.75 Å². The summed E-state index contributed by atoms with van der Waals surface area (Å²) in [5, 5.41) is 20.2. The Hall–Kier alpha value is -3.96. The summed E-state index contributed by atoms with van der Waals surface area (Å²) in [6, 6.07) is 19.0. The maximum Gasteiger partial charge on any atom is 0.253 e. The predicted molar refractivity (Wildman–Crippen MR) is 152 cm³/mol. The number of thiophene rings is 1. The molecule has 3 heterocycles. The third-order valence-electron chi connectivity index (χ3n) is 6.41. The molecule has 0 saturated carbocycles. The van der Waals surface area contributed by atoms with Crippen LogP contribution < -0.4 is 10.1 Å². The Morgan fingerprint density at radius 1 is 1.13 bits per heavy atom. The highest BCUT2D eigenvalue weighted by molar-refractivity contribution is 7.99. The zero-order chi connectivity index (χ0) is 27.4. The number of aryl methyl sites for hydroxylation is 1. The van der Waals surface area contributed by atoms with Crippen molar-refractivity contribution in [2.24, 2.45) is 12.1 Å². The first kappa shape index (κ1) is 26.6. The molecule has 0 saturated heterocycles. The standard InChI is InChI=1S/C28H28N6O3S2/c1-18-6-4-7-20(14-18)27(36)29-16-25-30-31-28(33(25)2)39-17-26(35)34-23(19-9-11-21(37-3)12-10-19)15-22(32-34)24-8-5-13-38-24/h4-14,23H,15-17H2,1-3H3,(H,29,36)/t23-/m0/s1. The molecule has 2 aromatic carbocycles. The molecule has 1 atom stereocenters. The van der Waals surface area contributed by atoms with E-state index < -0.39 is 0 Å². The van der Waals surface area contributed by atoms with E-state index in [2.05, 4.69) is 15.5 Å². The van der Waals surface area contributed by atoms with Crippen LogP contribution in [0.1, 0.15) is 44.6 Å². The normalized spacial score (nSPS) is 14.8. The second-order valence-corrected chi connectivity index (χ2v) is 10.9. The molecule has 9 nitrogen and oxygen atoms in total. The highest BCUT2D eigenvalue weighted by Crippen LogP contribution is 2.35. The van der Waals surface area contributed by atoms with Gasteiger partial charge in [0.25, 0.3) is 11.8 Å². The fraction of sp³-hybridized carbons (Fsp3) is 0.250. The Morgan fingerprint density at radius 2 is 1.95 bits per heavy atom. The molecular weight excluding hydrogens is 532 g/mol. The van der Waals surface area contributed by atoms with Crippen molar-refractivity contribution in [1.29, 1.82) is 0 Å². The number of amides is 2. The quantitative estimate of drug-likeness (QED) is 0.301. The van der Waals surface area contributed by atoms with Crippen molar-refractivity contribution < 1.29 is 14.3 Å². The van der Waals surface area contributed by atoms with Crippen LogP contribution >= 0.6 is 23.1 Å². The van der Waals surface area contributed by atoms with Gasteiger partial charge >= 0.3 is 0 Å². The van der Waals surface area contributed by atoms with Crippen LogP contribution in [0.25, 0.3) is 0 Å². The van der Waals surface area contributed by atoms with Gasteiger partial charge in [-0.2, -0.15) is 5.10 Å². The molecule has 0 unspecified atom stereocenters. The first-order chi connectivity index (χ1) is 18.9. The van der Waals surface area contributed by atoms with Gasteiger partial charge in [0.2, 0.25) is 0 Å². The summed E-state index contributed by atoms with van der Waals surface area (Å²) in [5.74, 6) is 1.21. The molecule has 2 amide bonds. The molecule has 0 bridgehead atoms. The Bertz CT molecular complexity index is 1500. The number of carbonyl (C=O) groups excluding carboxylic acids is 2. The van der Waals surface area contributed by atoms with E-state index in [1.165, 1.54) is 11.8 Å². The molecule has 5 rings (SSSR count). The highest BCUT2D eigenvalue weighted by atomic mass is 32.2. The first-order valence-corrected chi connectivity index (χ1v) is 14.2. The topological polar surface area (TPSA) is 102 Å². The maximum absolute atomic E-state index is 13.4. The number of hydrazone groups is 1. The van der Waals surface area contributed by atoms with Crippen LogP contribution in [0.15, 0.2) is 76.3 Å². The number of nitrogens with zero attached hydrogens (tertiary/aromatic N) is 5. The number of methoxy groups -OCH3 is 1. The van der Waals surface area contributed by atoms with Crippen molar-refractivity contribution in [1.82, 2.24) is 25.1 Å². The molecule has 39 heavy (non-hydrogen) atoms. The molecule has 11 heteroatoms. The summed E-state index contributed by atoms with van der Waals surface area (Å²) in [7, 11) is 3.45. The Kier molecular flexibility index (Phi) is 8.08. The molecule has 0 spiro atoms. The third-order valence-corrected chi connectivity index (χ3v) is 8.33. The number of aromatic nitrogens is 3. The lowest BCUT2D eigenvalue weighted by molar-refractivity contribution is -0.130. The van der Waals surface area contributed by atoms with E-state index in [1.54, 1.807) is 34.1 Å². The van der Waals surface area contributed by atoms with Crippen molar-refractivity contribution in [3.05, 3.63) is 93.4 Å². The number of rotatable bonds is 9. The van der Waals surface area contributed by atoms with Crippen LogP contribution in [0.5, 0.6) is 5.75 Å². The molecule has 0 radical (unpaired) electrons. The van der Waals surface area contributed by atoms with Crippen LogP contribution in [0.4, 0.5) is 0 Å². The summed E-state index contributed by atoms with van der Waals surface area (Å²) in [6.45, 7) is 2.17. The maximum atomic E-state index is 13.4. The summed E-state index contributed by atoms with van der Waals surface area (Å²) < 4.78 is 7.09. The number of nitrogens with one attached hydrogen (secondary N) is 1. The average molecular weight is 561 g/mol. The molecule has 0 aliphatic carbocycles. The van der Waals surface area contributed by atoms with Crippen LogP contribution in [0, 0.1) is 6.92 Å². The Labute approximate surface area is 234 Å². The molecule has 1 N–H and O–H groups in total. The van der Waals surface area contributed by atoms with E-state index in [0.29, 0.717) is 23.0 Å². The van der Waals surface area contributed by atoms with Crippen molar-refractivity contribution in [2.75, 3.05) is 12.9 Å². The Morgan fingerprint density at radius 3 is 2.67 bits per heavy atom. The van der Waals surface area contributed by atoms with E-state index in [-0.39, 0.29) is 30.2 Å². The zero-order valence-corrected chi connectivity index (χ0v) is 23.5. The van der Waals surface area contributed by atoms with Gasteiger partial charge in [-0.1, -0.05) is 47.7 Å². The fourth-order valence-electron chi connectivity index (χ4n) is 4.28. The van der Waals surface area contributed by atoms with E-state index in [0.717, 1.165) is 27.5 Å². The SMILES string of the molecule is COc1ccc([C@@H]2CC(c3cccs3)=NN2C(=O)CSc2nnc(CNC(=O)c3cccc(C)c3)n2C)cc1. The van der Waals surface area contributed by atoms with Gasteiger partial charge in [-0.25, -0.2) is 5.01 Å². The van der Waals surface area contributed by atoms with Crippen LogP contribution in [-0.2, 0) is 18.4 Å². The Balaban J connectivity index is 1.25. The lowest BCUT2D eigenvalue weighted by Crippen LogP contribution is -2.28. The summed E-state index contributed by atoms with van der Waals surface area (Å²) >= 11 is 2.91. The molecule has 2 aromatic heterocycles. The minimum Gasteiger partial charge on any atom is -0.497 e. The van der Waals surface area contributed by atoms with Crippen LogP contribution in [0.3, 0.4) is 0 Å². The van der Waals surface area contributed by atoms with Gasteiger partial charge in [0, 0.05) is 19.0 Å². The number of thioether (sulfide) groups is 1. The second-order valence-electron chi connectivity index (χ2n) is 9.05. The van der Waals surface area contributed by atoms with Crippen LogP contribution in [-0.4, -0.2) is 50.2 Å². The first-order valence-electron chi connectivity index (χ1n) is 12.4. The van der Waals surface area contributed by atoms with Gasteiger partial charge in [-0.3, -0.25) is 9.59 Å². The molecular formula is C28H28N6O3S2. The molecule has 4 aromatic rings. The van der Waals surface area contributed by atoms with Crippen molar-refractivity contribution in [3.8, 4) is 5.75 Å². The van der Waals surface area contributed by atoms with Gasteiger partial charge in [0.05, 0.1) is 36.0 Å². The van der Waals surface area contributed by atoms with Crippen LogP contribution in [0.2, 0.25) is 0 Å². The van der Waals surface area contributed by atoms with Gasteiger partial charge < -0.3 is 14.6 Å². The lowest BCUT2D eigenvalue weighted by Gasteiger charge is -2.22. The number of benzene rings is 2. The predicted octanol–water partition coefficient (Wildman–Crippen LogP) is 4.59. The molecule has 1 aliphatic rings. The smallest absolute Gasteiger partial charge is 0.253 e. The summed E-state index contributed by atoms with van der Waals surface area (Å²) in [6.07, 6.45) is 0.637. The van der Waals surface area contributed by atoms with Gasteiger partial charge in [-0.15, -0.1) is 21.5 Å². The van der Waals surface area contributed by atoms with E-state index in [9.17, 15) is 9.59 Å². The summed E-state index contributed by atoms with van der Waals surface area (Å²) in [5.41, 5.74) is 3.50. The number of hydrogen-bond acceptors (Lipinski definition) is 8. The minimum atomic E-state index is -0.201. The van der Waals surface area contributed by atoms with E-state index in [4.69, 9.17) is 9.84 Å². The van der Waals surface area contributed by atoms with Crippen molar-refractivity contribution in [3.63, 3.8) is 0 Å². The zero-order valence-electron chi connectivity index (χ0n) is 21.8. The average Bonchev–Trinajstić information content (AvgIpc) is 3.71. The molecule has 200 valence electrons. The van der Waals surface area contributed by atoms with Gasteiger partial charge in [-0.05, 0) is 48.2 Å². The second kappa shape index (κ2) is 11.8. The van der Waals surface area contributed by atoms with E-state index >= 15 is 0 Å². The van der Waals surface area contributed by atoms with Gasteiger partial charge in [0.15, 0.2) is 11.0 Å². The monoisotopic (exact) mass is 560 g/mol. The largest absolute Gasteiger partial charge is 0.497 e. The third kappa shape index (κ3) is 6.04.